The van der Waals surface area contributed by atoms with Crippen molar-refractivity contribution in [2.45, 2.75) is 18.8 Å². The van der Waals surface area contributed by atoms with Crippen molar-refractivity contribution in [1.29, 1.82) is 0 Å². The number of amides is 1. The Morgan fingerprint density at radius 2 is 1.73 bits per heavy atom. The molecular formula is C25H21N5O3. The highest BCUT2D eigenvalue weighted by atomic mass is 16.6. The van der Waals surface area contributed by atoms with Crippen LogP contribution in [0.3, 0.4) is 0 Å². The number of ether oxygens (including phenoxy) is 2. The van der Waals surface area contributed by atoms with Crippen molar-refractivity contribution >= 4 is 11.7 Å². The van der Waals surface area contributed by atoms with Crippen LogP contribution in [0.1, 0.15) is 35.2 Å². The molecule has 1 aliphatic carbocycles. The fourth-order valence-electron chi connectivity index (χ4n) is 3.83. The highest BCUT2D eigenvalue weighted by Crippen LogP contribution is 2.40. The van der Waals surface area contributed by atoms with Gasteiger partial charge < -0.3 is 14.8 Å². The van der Waals surface area contributed by atoms with Crippen LogP contribution in [0.25, 0.3) is 16.9 Å². The maximum atomic E-state index is 13.0. The second-order valence-electron chi connectivity index (χ2n) is 8.04. The molecule has 1 aliphatic heterocycles. The van der Waals surface area contributed by atoms with Crippen LogP contribution in [0.2, 0.25) is 0 Å². The van der Waals surface area contributed by atoms with E-state index in [0.29, 0.717) is 36.4 Å². The van der Waals surface area contributed by atoms with Gasteiger partial charge in [-0.1, -0.05) is 24.3 Å². The molecule has 4 aromatic rings. The number of carbonyl (C=O) groups excluding carboxylic acids is 1. The third-order valence-corrected chi connectivity index (χ3v) is 5.61. The number of hydrogen-bond donors (Lipinski definition) is 1. The summed E-state index contributed by atoms with van der Waals surface area (Å²) in [5.74, 6) is 2.75. The zero-order valence-corrected chi connectivity index (χ0v) is 17.8. The van der Waals surface area contributed by atoms with E-state index < -0.39 is 5.91 Å². The van der Waals surface area contributed by atoms with E-state index in [9.17, 15) is 4.79 Å². The molecular weight excluding hydrogens is 418 g/mol. The molecule has 1 fully saturated rings. The smallest absolute Gasteiger partial charge is 0.296 e. The van der Waals surface area contributed by atoms with Gasteiger partial charge in [0.15, 0.2) is 11.5 Å². The second kappa shape index (κ2) is 8.05. The van der Waals surface area contributed by atoms with E-state index in [-0.39, 0.29) is 5.82 Å². The van der Waals surface area contributed by atoms with Gasteiger partial charge >= 0.3 is 0 Å². The SMILES string of the molecule is O=C(Nc1cccc(-c2ccc3c(c2)OCCO3)n1)c1nc(C2CC2)n(-c2ccccc2)n1. The van der Waals surface area contributed by atoms with Crippen LogP contribution in [0.5, 0.6) is 11.5 Å². The van der Waals surface area contributed by atoms with Gasteiger partial charge in [0.2, 0.25) is 5.82 Å². The normalized spacial score (nSPS) is 14.7. The Bertz CT molecular complexity index is 1330. The Morgan fingerprint density at radius 1 is 0.909 bits per heavy atom. The van der Waals surface area contributed by atoms with Crippen LogP contribution in [-0.2, 0) is 0 Å². The minimum Gasteiger partial charge on any atom is -0.486 e. The number of rotatable bonds is 5. The van der Waals surface area contributed by atoms with Crippen LogP contribution in [0.15, 0.2) is 66.7 Å². The molecule has 1 saturated carbocycles. The number of para-hydroxylation sites is 1. The molecule has 1 amide bonds. The first-order valence-electron chi connectivity index (χ1n) is 11.0. The Hall–Kier alpha value is -4.20. The molecule has 8 heteroatoms. The van der Waals surface area contributed by atoms with Crippen LogP contribution >= 0.6 is 0 Å². The van der Waals surface area contributed by atoms with Gasteiger partial charge in [-0.15, -0.1) is 5.10 Å². The number of hydrogen-bond acceptors (Lipinski definition) is 6. The lowest BCUT2D eigenvalue weighted by atomic mass is 10.1. The zero-order valence-electron chi connectivity index (χ0n) is 17.8. The summed E-state index contributed by atoms with van der Waals surface area (Å²) in [7, 11) is 0. The summed E-state index contributed by atoms with van der Waals surface area (Å²) in [5.41, 5.74) is 2.48. The van der Waals surface area contributed by atoms with E-state index in [1.54, 1.807) is 10.7 Å². The minimum absolute atomic E-state index is 0.132. The highest BCUT2D eigenvalue weighted by Gasteiger charge is 2.31. The lowest BCUT2D eigenvalue weighted by molar-refractivity contribution is 0.101. The van der Waals surface area contributed by atoms with Crippen LogP contribution in [0, 0.1) is 0 Å². The second-order valence-corrected chi connectivity index (χ2v) is 8.04. The van der Waals surface area contributed by atoms with Crippen molar-refractivity contribution in [3.8, 4) is 28.4 Å². The predicted octanol–water partition coefficient (Wildman–Crippen LogP) is 4.23. The molecule has 33 heavy (non-hydrogen) atoms. The molecule has 164 valence electrons. The zero-order chi connectivity index (χ0) is 22.2. The molecule has 2 aromatic carbocycles. The molecule has 0 atom stereocenters. The van der Waals surface area contributed by atoms with E-state index in [1.807, 2.05) is 60.7 Å². The van der Waals surface area contributed by atoms with E-state index in [1.165, 1.54) is 0 Å². The van der Waals surface area contributed by atoms with Crippen molar-refractivity contribution in [3.63, 3.8) is 0 Å². The lowest BCUT2D eigenvalue weighted by Crippen LogP contribution is -2.15. The van der Waals surface area contributed by atoms with E-state index in [2.05, 4.69) is 20.4 Å². The number of aromatic nitrogens is 4. The fourth-order valence-corrected chi connectivity index (χ4v) is 3.83. The first-order chi connectivity index (χ1) is 16.2. The molecule has 0 spiro atoms. The van der Waals surface area contributed by atoms with Crippen LogP contribution in [-0.4, -0.2) is 38.9 Å². The number of benzene rings is 2. The monoisotopic (exact) mass is 439 g/mol. The quantitative estimate of drug-likeness (QED) is 0.500. The van der Waals surface area contributed by atoms with Crippen molar-refractivity contribution in [2.24, 2.45) is 0 Å². The molecule has 6 rings (SSSR count). The minimum atomic E-state index is -0.390. The molecule has 1 N–H and O–H groups in total. The molecule has 0 saturated heterocycles. The van der Waals surface area contributed by atoms with Crippen LogP contribution in [0.4, 0.5) is 5.82 Å². The summed E-state index contributed by atoms with van der Waals surface area (Å²) in [6.45, 7) is 1.06. The Morgan fingerprint density at radius 3 is 2.55 bits per heavy atom. The standard InChI is InChI=1S/C25H21N5O3/c31-25(23-28-24(16-9-10-16)30(29-23)18-5-2-1-3-6-18)27-22-8-4-7-19(26-22)17-11-12-20-21(15-17)33-14-13-32-20/h1-8,11-12,15-16H,9-10,13-14H2,(H,26,27,31). The Kier molecular flexibility index (Phi) is 4.75. The van der Waals surface area contributed by atoms with Gasteiger partial charge in [-0.05, 0) is 55.3 Å². The maximum absolute atomic E-state index is 13.0. The van der Waals surface area contributed by atoms with Crippen molar-refractivity contribution < 1.29 is 14.3 Å². The van der Waals surface area contributed by atoms with Crippen LogP contribution < -0.4 is 14.8 Å². The van der Waals surface area contributed by atoms with Gasteiger partial charge in [-0.3, -0.25) is 4.79 Å². The van der Waals surface area contributed by atoms with Crippen molar-refractivity contribution in [3.05, 3.63) is 78.4 Å². The molecule has 0 radical (unpaired) electrons. The Labute approximate surface area is 190 Å². The maximum Gasteiger partial charge on any atom is 0.296 e. The summed E-state index contributed by atoms with van der Waals surface area (Å²) in [5, 5.41) is 7.34. The summed E-state index contributed by atoms with van der Waals surface area (Å²) >= 11 is 0. The number of nitrogens with zero attached hydrogens (tertiary/aromatic N) is 4. The largest absolute Gasteiger partial charge is 0.486 e. The first-order valence-corrected chi connectivity index (χ1v) is 11.0. The Balaban J connectivity index is 1.26. The third kappa shape index (κ3) is 3.91. The summed E-state index contributed by atoms with van der Waals surface area (Å²) in [4.78, 5) is 22.1. The van der Waals surface area contributed by atoms with Gasteiger partial charge in [0, 0.05) is 11.5 Å². The fraction of sp³-hybridized carbons (Fsp3) is 0.200. The average molecular weight is 439 g/mol. The van der Waals surface area contributed by atoms with Gasteiger partial charge in [-0.25, -0.2) is 14.6 Å². The van der Waals surface area contributed by atoms with Gasteiger partial charge in [0.05, 0.1) is 11.4 Å². The molecule has 2 aromatic heterocycles. The van der Waals surface area contributed by atoms with Crippen molar-refractivity contribution in [1.82, 2.24) is 19.7 Å². The number of carbonyl (C=O) groups is 1. The van der Waals surface area contributed by atoms with E-state index >= 15 is 0 Å². The number of pyridine rings is 1. The highest BCUT2D eigenvalue weighted by molar-refractivity contribution is 6.01. The molecule has 3 heterocycles. The lowest BCUT2D eigenvalue weighted by Gasteiger charge is -2.18. The first kappa shape index (κ1) is 19.5. The van der Waals surface area contributed by atoms with Gasteiger partial charge in [-0.2, -0.15) is 0 Å². The molecule has 2 aliphatic rings. The van der Waals surface area contributed by atoms with Gasteiger partial charge in [0.25, 0.3) is 5.91 Å². The van der Waals surface area contributed by atoms with E-state index in [0.717, 1.165) is 35.7 Å². The summed E-state index contributed by atoms with van der Waals surface area (Å²) < 4.78 is 13.0. The number of anilines is 1. The predicted molar refractivity (Wildman–Crippen MR) is 122 cm³/mol. The number of fused-ring (bicyclic) bond motifs is 1. The third-order valence-electron chi connectivity index (χ3n) is 5.61. The van der Waals surface area contributed by atoms with Gasteiger partial charge in [0.1, 0.15) is 24.9 Å². The van der Waals surface area contributed by atoms with E-state index in [4.69, 9.17) is 9.47 Å². The molecule has 0 unspecified atom stereocenters. The average Bonchev–Trinajstić information content (AvgIpc) is 3.62. The molecule has 0 bridgehead atoms. The summed E-state index contributed by atoms with van der Waals surface area (Å²) in [6.07, 6.45) is 2.12. The summed E-state index contributed by atoms with van der Waals surface area (Å²) in [6, 6.07) is 20.9. The topological polar surface area (TPSA) is 91.2 Å². The number of nitrogens with one attached hydrogen (secondary N) is 1. The molecule has 8 nitrogen and oxygen atoms in total. The van der Waals surface area contributed by atoms with Crippen molar-refractivity contribution in [2.75, 3.05) is 18.5 Å².